The van der Waals surface area contributed by atoms with Gasteiger partial charge in [-0.3, -0.25) is 0 Å². The molecule has 0 spiro atoms. The molecule has 102 valence electrons. The van der Waals surface area contributed by atoms with Crippen molar-refractivity contribution in [1.29, 1.82) is 0 Å². The Morgan fingerprint density at radius 3 is 2.28 bits per heavy atom. The number of ether oxygens (including phenoxy) is 1. The van der Waals surface area contributed by atoms with Crippen LogP contribution in [0, 0.1) is 5.92 Å². The Hall–Kier alpha value is -0.730. The SMILES string of the molecule is COc1ccc(C(CN)C2CCCCC2)cc1.Cl. The maximum absolute atomic E-state index is 5.97. The number of benzene rings is 1. The first kappa shape index (κ1) is 15.3. The van der Waals surface area contributed by atoms with Gasteiger partial charge in [-0.2, -0.15) is 0 Å². The van der Waals surface area contributed by atoms with Gasteiger partial charge in [-0.25, -0.2) is 0 Å². The summed E-state index contributed by atoms with van der Waals surface area (Å²) in [5.41, 5.74) is 7.35. The Labute approximate surface area is 116 Å². The van der Waals surface area contributed by atoms with Gasteiger partial charge in [0.15, 0.2) is 0 Å². The summed E-state index contributed by atoms with van der Waals surface area (Å²) in [5, 5.41) is 0. The number of hydrogen-bond acceptors (Lipinski definition) is 2. The molecule has 1 fully saturated rings. The minimum Gasteiger partial charge on any atom is -0.497 e. The van der Waals surface area contributed by atoms with Crippen molar-refractivity contribution in [3.63, 3.8) is 0 Å². The Kier molecular flexibility index (Phi) is 6.51. The molecule has 1 saturated carbocycles. The van der Waals surface area contributed by atoms with Crippen LogP contribution in [0.3, 0.4) is 0 Å². The highest BCUT2D eigenvalue weighted by Gasteiger charge is 2.23. The molecule has 1 unspecified atom stereocenters. The third-order valence-corrected chi connectivity index (χ3v) is 4.02. The van der Waals surface area contributed by atoms with Gasteiger partial charge in [-0.1, -0.05) is 31.4 Å². The molecule has 0 radical (unpaired) electrons. The zero-order chi connectivity index (χ0) is 12.1. The first-order valence-corrected chi connectivity index (χ1v) is 6.69. The zero-order valence-electron chi connectivity index (χ0n) is 11.1. The quantitative estimate of drug-likeness (QED) is 0.904. The highest BCUT2D eigenvalue weighted by atomic mass is 35.5. The van der Waals surface area contributed by atoms with Crippen LogP contribution in [-0.2, 0) is 0 Å². The van der Waals surface area contributed by atoms with Gasteiger partial charge in [-0.05, 0) is 48.9 Å². The summed E-state index contributed by atoms with van der Waals surface area (Å²) in [6.45, 7) is 0.761. The van der Waals surface area contributed by atoms with Gasteiger partial charge >= 0.3 is 0 Å². The van der Waals surface area contributed by atoms with E-state index in [1.165, 1.54) is 37.7 Å². The predicted molar refractivity (Wildman–Crippen MR) is 78.6 cm³/mol. The zero-order valence-corrected chi connectivity index (χ0v) is 11.9. The summed E-state index contributed by atoms with van der Waals surface area (Å²) in [4.78, 5) is 0. The summed E-state index contributed by atoms with van der Waals surface area (Å²) in [6, 6.07) is 8.43. The molecule has 3 heteroatoms. The molecule has 1 aliphatic carbocycles. The van der Waals surface area contributed by atoms with Crippen LogP contribution < -0.4 is 10.5 Å². The molecule has 2 N–H and O–H groups in total. The van der Waals surface area contributed by atoms with E-state index in [-0.39, 0.29) is 12.4 Å². The van der Waals surface area contributed by atoms with Crippen LogP contribution in [0.5, 0.6) is 5.75 Å². The molecular weight excluding hydrogens is 246 g/mol. The standard InChI is InChI=1S/C15H23NO.ClH/c1-17-14-9-7-13(8-10-14)15(11-16)12-5-3-2-4-6-12;/h7-10,12,15H,2-6,11,16H2,1H3;1H. The average Bonchev–Trinajstić information content (AvgIpc) is 2.42. The largest absolute Gasteiger partial charge is 0.497 e. The summed E-state index contributed by atoms with van der Waals surface area (Å²) in [6.07, 6.45) is 6.83. The van der Waals surface area contributed by atoms with Crippen molar-refractivity contribution >= 4 is 12.4 Å². The lowest BCUT2D eigenvalue weighted by Gasteiger charge is -2.29. The molecule has 1 aliphatic rings. The van der Waals surface area contributed by atoms with Crippen LogP contribution >= 0.6 is 12.4 Å². The van der Waals surface area contributed by atoms with E-state index < -0.39 is 0 Å². The van der Waals surface area contributed by atoms with Crippen molar-refractivity contribution < 1.29 is 4.74 Å². The smallest absolute Gasteiger partial charge is 0.118 e. The van der Waals surface area contributed by atoms with Crippen LogP contribution in [0.2, 0.25) is 0 Å². The van der Waals surface area contributed by atoms with E-state index in [2.05, 4.69) is 12.1 Å². The van der Waals surface area contributed by atoms with Crippen molar-refractivity contribution in [3.05, 3.63) is 29.8 Å². The van der Waals surface area contributed by atoms with E-state index in [4.69, 9.17) is 10.5 Å². The summed E-state index contributed by atoms with van der Waals surface area (Å²) in [5.74, 6) is 2.23. The highest BCUT2D eigenvalue weighted by molar-refractivity contribution is 5.85. The third kappa shape index (κ3) is 3.63. The van der Waals surface area contributed by atoms with Crippen molar-refractivity contribution in [3.8, 4) is 5.75 Å². The number of hydrogen-bond donors (Lipinski definition) is 1. The lowest BCUT2D eigenvalue weighted by atomic mass is 9.77. The fourth-order valence-electron chi connectivity index (χ4n) is 2.99. The van der Waals surface area contributed by atoms with E-state index in [1.807, 2.05) is 12.1 Å². The fourth-order valence-corrected chi connectivity index (χ4v) is 2.99. The Morgan fingerprint density at radius 2 is 1.78 bits per heavy atom. The molecule has 0 heterocycles. The van der Waals surface area contributed by atoms with E-state index >= 15 is 0 Å². The molecule has 0 aromatic heterocycles. The molecule has 1 aromatic carbocycles. The molecular formula is C15H24ClNO. The van der Waals surface area contributed by atoms with Crippen LogP contribution in [0.25, 0.3) is 0 Å². The van der Waals surface area contributed by atoms with Crippen molar-refractivity contribution in [2.45, 2.75) is 38.0 Å². The van der Waals surface area contributed by atoms with Gasteiger partial charge in [0, 0.05) is 0 Å². The van der Waals surface area contributed by atoms with Gasteiger partial charge in [0.25, 0.3) is 0 Å². The Bertz CT molecular complexity index is 333. The van der Waals surface area contributed by atoms with Crippen LogP contribution in [-0.4, -0.2) is 13.7 Å². The van der Waals surface area contributed by atoms with Gasteiger partial charge < -0.3 is 10.5 Å². The van der Waals surface area contributed by atoms with Gasteiger partial charge in [0.05, 0.1) is 7.11 Å². The summed E-state index contributed by atoms with van der Waals surface area (Å²) in [7, 11) is 1.70. The van der Waals surface area contributed by atoms with E-state index in [0.717, 1.165) is 18.2 Å². The van der Waals surface area contributed by atoms with Crippen LogP contribution in [0.15, 0.2) is 24.3 Å². The second-order valence-electron chi connectivity index (χ2n) is 5.01. The van der Waals surface area contributed by atoms with Gasteiger partial charge in [0.2, 0.25) is 0 Å². The van der Waals surface area contributed by atoms with E-state index in [0.29, 0.717) is 5.92 Å². The number of halogens is 1. The Morgan fingerprint density at radius 1 is 1.17 bits per heavy atom. The van der Waals surface area contributed by atoms with Crippen LogP contribution in [0.1, 0.15) is 43.6 Å². The lowest BCUT2D eigenvalue weighted by Crippen LogP contribution is -2.23. The third-order valence-electron chi connectivity index (χ3n) is 4.02. The average molecular weight is 270 g/mol. The lowest BCUT2D eigenvalue weighted by molar-refractivity contribution is 0.307. The molecule has 1 atom stereocenters. The topological polar surface area (TPSA) is 35.2 Å². The molecule has 0 bridgehead atoms. The van der Waals surface area contributed by atoms with Crippen LogP contribution in [0.4, 0.5) is 0 Å². The van der Waals surface area contributed by atoms with E-state index in [9.17, 15) is 0 Å². The van der Waals surface area contributed by atoms with Gasteiger partial charge in [0.1, 0.15) is 5.75 Å². The number of methoxy groups -OCH3 is 1. The van der Waals surface area contributed by atoms with E-state index in [1.54, 1.807) is 7.11 Å². The molecule has 0 aliphatic heterocycles. The van der Waals surface area contributed by atoms with Crippen molar-refractivity contribution in [2.24, 2.45) is 11.7 Å². The maximum atomic E-state index is 5.97. The second-order valence-corrected chi connectivity index (χ2v) is 5.01. The number of rotatable bonds is 4. The minimum absolute atomic E-state index is 0. The first-order chi connectivity index (χ1) is 8.35. The molecule has 0 amide bonds. The Balaban J connectivity index is 0.00000162. The minimum atomic E-state index is 0. The summed E-state index contributed by atoms with van der Waals surface area (Å²) >= 11 is 0. The molecule has 0 saturated heterocycles. The molecule has 1 aromatic rings. The summed E-state index contributed by atoms with van der Waals surface area (Å²) < 4.78 is 5.20. The van der Waals surface area contributed by atoms with Crippen molar-refractivity contribution in [2.75, 3.05) is 13.7 Å². The first-order valence-electron chi connectivity index (χ1n) is 6.69. The second kappa shape index (κ2) is 7.65. The monoisotopic (exact) mass is 269 g/mol. The normalized spacial score (nSPS) is 17.9. The van der Waals surface area contributed by atoms with Gasteiger partial charge in [-0.15, -0.1) is 12.4 Å². The molecule has 2 rings (SSSR count). The van der Waals surface area contributed by atoms with Crippen molar-refractivity contribution in [1.82, 2.24) is 0 Å². The number of nitrogens with two attached hydrogens (primary N) is 1. The maximum Gasteiger partial charge on any atom is 0.118 e. The molecule has 18 heavy (non-hydrogen) atoms. The molecule has 2 nitrogen and oxygen atoms in total. The predicted octanol–water partition coefficient (Wildman–Crippen LogP) is 3.74. The fraction of sp³-hybridized carbons (Fsp3) is 0.600. The highest BCUT2D eigenvalue weighted by Crippen LogP contribution is 2.35.